The Morgan fingerprint density at radius 3 is 2.56 bits per heavy atom. The van der Waals surface area contributed by atoms with Gasteiger partial charge in [-0.25, -0.2) is 4.79 Å². The molecule has 0 aromatic carbocycles. The average molecular weight is 227 g/mol. The number of hydrogen-bond acceptors (Lipinski definition) is 3. The molecule has 16 heavy (non-hydrogen) atoms. The number of rotatable bonds is 7. The van der Waals surface area contributed by atoms with Crippen LogP contribution in [0.2, 0.25) is 0 Å². The van der Waals surface area contributed by atoms with Gasteiger partial charge in [-0.05, 0) is 19.8 Å². The Balaban J connectivity index is 3.80. The van der Waals surface area contributed by atoms with Crippen molar-refractivity contribution in [2.75, 3.05) is 6.61 Å². The summed E-state index contributed by atoms with van der Waals surface area (Å²) in [6.45, 7) is 6.31. The fourth-order valence-corrected chi connectivity index (χ4v) is 0.902. The van der Waals surface area contributed by atoms with Gasteiger partial charge in [0.1, 0.15) is 0 Å². The second-order valence-corrected chi connectivity index (χ2v) is 3.67. The van der Waals surface area contributed by atoms with Crippen LogP contribution in [0.25, 0.3) is 0 Å². The van der Waals surface area contributed by atoms with Crippen molar-refractivity contribution >= 4 is 11.9 Å². The Labute approximate surface area is 97.1 Å². The molecule has 92 valence electrons. The Bertz CT molecular complexity index is 249. The molecule has 1 unspecified atom stereocenters. The molecule has 0 rings (SSSR count). The van der Waals surface area contributed by atoms with Crippen LogP contribution in [0.3, 0.4) is 0 Å². The summed E-state index contributed by atoms with van der Waals surface area (Å²) < 4.78 is 4.86. The van der Waals surface area contributed by atoms with Gasteiger partial charge in [-0.15, -0.1) is 0 Å². The first kappa shape index (κ1) is 14.7. The van der Waals surface area contributed by atoms with E-state index in [1.807, 2.05) is 20.8 Å². The Morgan fingerprint density at radius 1 is 1.31 bits per heavy atom. The van der Waals surface area contributed by atoms with Crippen molar-refractivity contribution in [1.82, 2.24) is 5.32 Å². The first-order chi connectivity index (χ1) is 7.60. The molecular formula is C12H21NO3. The lowest BCUT2D eigenvalue weighted by Crippen LogP contribution is -2.30. The third-order valence-corrected chi connectivity index (χ3v) is 2.11. The zero-order valence-electron chi connectivity index (χ0n) is 10.3. The van der Waals surface area contributed by atoms with Crippen molar-refractivity contribution in [3.8, 4) is 0 Å². The fourth-order valence-electron chi connectivity index (χ4n) is 0.902. The van der Waals surface area contributed by atoms with E-state index in [2.05, 4.69) is 5.32 Å². The molecule has 0 bridgehead atoms. The van der Waals surface area contributed by atoms with E-state index in [4.69, 9.17) is 4.74 Å². The topological polar surface area (TPSA) is 55.4 Å². The number of unbranched alkanes of at least 4 members (excludes halogenated alkanes) is 1. The van der Waals surface area contributed by atoms with Crippen LogP contribution in [0.15, 0.2) is 12.2 Å². The van der Waals surface area contributed by atoms with Gasteiger partial charge in [-0.3, -0.25) is 4.79 Å². The predicted octanol–water partition coefficient (Wildman–Crippen LogP) is 1.80. The molecule has 0 aliphatic rings. The molecular weight excluding hydrogens is 206 g/mol. The van der Waals surface area contributed by atoms with Crippen LogP contribution in [0, 0.1) is 0 Å². The maximum Gasteiger partial charge on any atom is 0.330 e. The summed E-state index contributed by atoms with van der Waals surface area (Å²) in [6, 6.07) is 0.119. The number of nitrogens with one attached hydrogen (secondary N) is 1. The first-order valence-corrected chi connectivity index (χ1v) is 5.75. The summed E-state index contributed by atoms with van der Waals surface area (Å²) in [5, 5.41) is 2.72. The summed E-state index contributed by atoms with van der Waals surface area (Å²) in [6.07, 6.45) is 5.05. The van der Waals surface area contributed by atoms with Crippen molar-refractivity contribution in [2.24, 2.45) is 0 Å². The van der Waals surface area contributed by atoms with Crippen molar-refractivity contribution in [2.45, 2.75) is 46.1 Å². The van der Waals surface area contributed by atoms with E-state index >= 15 is 0 Å². The summed E-state index contributed by atoms with van der Waals surface area (Å²) in [4.78, 5) is 22.3. The van der Waals surface area contributed by atoms with Gasteiger partial charge in [0, 0.05) is 18.2 Å². The van der Waals surface area contributed by atoms with E-state index in [1.54, 1.807) is 0 Å². The van der Waals surface area contributed by atoms with Crippen LogP contribution in [0.4, 0.5) is 0 Å². The van der Waals surface area contributed by atoms with Crippen LogP contribution in [0.1, 0.15) is 40.0 Å². The normalized spacial score (nSPS) is 12.4. The minimum absolute atomic E-state index is 0.119. The molecule has 0 fully saturated rings. The summed E-state index contributed by atoms with van der Waals surface area (Å²) in [5.74, 6) is -0.727. The molecule has 4 nitrogen and oxygen atoms in total. The quantitative estimate of drug-likeness (QED) is 0.410. The van der Waals surface area contributed by atoms with Crippen molar-refractivity contribution in [3.05, 3.63) is 12.2 Å². The molecule has 0 aliphatic carbocycles. The Morgan fingerprint density at radius 2 is 2.00 bits per heavy atom. The molecule has 0 aromatic rings. The van der Waals surface area contributed by atoms with Crippen LogP contribution >= 0.6 is 0 Å². The Kier molecular flexibility index (Phi) is 8.21. The molecule has 0 saturated heterocycles. The summed E-state index contributed by atoms with van der Waals surface area (Å²) >= 11 is 0. The molecule has 0 heterocycles. The number of hydrogen-bond donors (Lipinski definition) is 1. The second kappa shape index (κ2) is 8.95. The summed E-state index contributed by atoms with van der Waals surface area (Å²) in [7, 11) is 0. The number of amides is 1. The lowest BCUT2D eigenvalue weighted by Gasteiger charge is -2.08. The Hall–Kier alpha value is -1.32. The molecule has 0 saturated carbocycles. The smallest absolute Gasteiger partial charge is 0.330 e. The predicted molar refractivity (Wildman–Crippen MR) is 62.9 cm³/mol. The minimum atomic E-state index is -0.465. The average Bonchev–Trinajstić information content (AvgIpc) is 2.26. The third-order valence-electron chi connectivity index (χ3n) is 2.11. The van der Waals surface area contributed by atoms with E-state index in [9.17, 15) is 9.59 Å². The zero-order valence-corrected chi connectivity index (χ0v) is 10.3. The number of carbonyl (C=O) groups excluding carboxylic acids is 2. The van der Waals surface area contributed by atoms with Gasteiger partial charge in [-0.2, -0.15) is 0 Å². The molecule has 0 spiro atoms. The van der Waals surface area contributed by atoms with Crippen molar-refractivity contribution in [1.29, 1.82) is 0 Å². The molecule has 0 radical (unpaired) electrons. The second-order valence-electron chi connectivity index (χ2n) is 3.67. The van der Waals surface area contributed by atoms with Gasteiger partial charge < -0.3 is 10.1 Å². The third kappa shape index (κ3) is 8.03. The van der Waals surface area contributed by atoms with Gasteiger partial charge in [0.2, 0.25) is 5.91 Å². The van der Waals surface area contributed by atoms with E-state index in [1.165, 1.54) is 6.08 Å². The molecule has 1 atom stereocenters. The van der Waals surface area contributed by atoms with E-state index < -0.39 is 5.97 Å². The number of esters is 1. The van der Waals surface area contributed by atoms with Crippen LogP contribution in [-0.4, -0.2) is 24.5 Å². The van der Waals surface area contributed by atoms with Gasteiger partial charge in [0.25, 0.3) is 0 Å². The fraction of sp³-hybridized carbons (Fsp3) is 0.667. The molecule has 0 aliphatic heterocycles. The van der Waals surface area contributed by atoms with E-state index in [0.29, 0.717) is 6.61 Å². The SMILES string of the molecule is CCCCOC(=O)/C=C\C(=O)NC(C)CC. The van der Waals surface area contributed by atoms with Gasteiger partial charge in [0.15, 0.2) is 0 Å². The maximum absolute atomic E-state index is 11.2. The molecule has 1 N–H and O–H groups in total. The van der Waals surface area contributed by atoms with Crippen molar-refractivity contribution in [3.63, 3.8) is 0 Å². The van der Waals surface area contributed by atoms with Gasteiger partial charge in [-0.1, -0.05) is 20.3 Å². The highest BCUT2D eigenvalue weighted by atomic mass is 16.5. The van der Waals surface area contributed by atoms with Crippen molar-refractivity contribution < 1.29 is 14.3 Å². The number of ether oxygens (including phenoxy) is 1. The monoisotopic (exact) mass is 227 g/mol. The van der Waals surface area contributed by atoms with Crippen LogP contribution in [-0.2, 0) is 14.3 Å². The standard InChI is InChI=1S/C12H21NO3/c1-4-6-9-16-12(15)8-7-11(14)13-10(3)5-2/h7-8,10H,4-6,9H2,1-3H3,(H,13,14)/b8-7-. The first-order valence-electron chi connectivity index (χ1n) is 5.75. The molecule has 0 aromatic heterocycles. The zero-order chi connectivity index (χ0) is 12.4. The minimum Gasteiger partial charge on any atom is -0.463 e. The number of carbonyl (C=O) groups is 2. The maximum atomic E-state index is 11.2. The lowest BCUT2D eigenvalue weighted by atomic mass is 10.2. The van der Waals surface area contributed by atoms with Gasteiger partial charge >= 0.3 is 5.97 Å². The van der Waals surface area contributed by atoms with E-state index in [0.717, 1.165) is 25.3 Å². The molecule has 4 heteroatoms. The van der Waals surface area contributed by atoms with E-state index in [-0.39, 0.29) is 11.9 Å². The van der Waals surface area contributed by atoms with Crippen LogP contribution in [0.5, 0.6) is 0 Å². The highest BCUT2D eigenvalue weighted by Crippen LogP contribution is 1.91. The van der Waals surface area contributed by atoms with Crippen LogP contribution < -0.4 is 5.32 Å². The van der Waals surface area contributed by atoms with Gasteiger partial charge in [0.05, 0.1) is 6.61 Å². The highest BCUT2D eigenvalue weighted by Gasteiger charge is 2.02. The summed E-state index contributed by atoms with van der Waals surface area (Å²) in [5.41, 5.74) is 0. The highest BCUT2D eigenvalue weighted by molar-refractivity contribution is 5.94. The lowest BCUT2D eigenvalue weighted by molar-refractivity contribution is -0.138. The molecule has 1 amide bonds. The largest absolute Gasteiger partial charge is 0.463 e.